The van der Waals surface area contributed by atoms with Crippen LogP contribution in [0.5, 0.6) is 5.75 Å². The van der Waals surface area contributed by atoms with Crippen molar-refractivity contribution in [1.82, 2.24) is 4.98 Å². The van der Waals surface area contributed by atoms with Crippen LogP contribution in [0.25, 0.3) is 0 Å². The Kier molecular flexibility index (Phi) is 5.57. The Morgan fingerprint density at radius 3 is 2.57 bits per heavy atom. The van der Waals surface area contributed by atoms with Gasteiger partial charge in [0, 0.05) is 12.7 Å². The molecule has 2 rings (SSSR count). The zero-order valence-electron chi connectivity index (χ0n) is 13.2. The number of nitrogens with two attached hydrogens (primary N) is 1. The van der Waals surface area contributed by atoms with E-state index in [1.807, 2.05) is 24.3 Å². The monoisotopic (exact) mass is 335 g/mol. The number of nitrogens with one attached hydrogen (secondary N) is 1. The van der Waals surface area contributed by atoms with E-state index < -0.39 is 10.0 Å². The average Bonchev–Trinajstić information content (AvgIpc) is 2.54. The Hall–Kier alpha value is -2.12. The molecule has 0 saturated carbocycles. The van der Waals surface area contributed by atoms with Crippen molar-refractivity contribution in [3.63, 3.8) is 0 Å². The summed E-state index contributed by atoms with van der Waals surface area (Å²) in [7, 11) is -2.15. The maximum absolute atomic E-state index is 11.5. The standard InChI is InChI=1S/C16H21N3O3S/c1-12(13-5-7-14(22-2)8-6-13)9-11-19-16-15(23(17,20)21)4-3-10-18-16/h3-8,10,12H,9,11H2,1-2H3,(H,18,19)(H2,17,20,21). The minimum absolute atomic E-state index is 0.0112. The number of rotatable bonds is 7. The molecule has 124 valence electrons. The highest BCUT2D eigenvalue weighted by Gasteiger charge is 2.14. The second kappa shape index (κ2) is 7.43. The van der Waals surface area contributed by atoms with Gasteiger partial charge in [0.2, 0.25) is 10.0 Å². The van der Waals surface area contributed by atoms with E-state index in [0.29, 0.717) is 12.5 Å². The first-order valence-electron chi connectivity index (χ1n) is 7.27. The molecule has 2 aromatic rings. The first-order chi connectivity index (χ1) is 10.9. The molecule has 6 nitrogen and oxygen atoms in total. The third-order valence-electron chi connectivity index (χ3n) is 3.63. The normalized spacial score (nSPS) is 12.7. The lowest BCUT2D eigenvalue weighted by Gasteiger charge is -2.14. The van der Waals surface area contributed by atoms with Crippen LogP contribution in [0, 0.1) is 0 Å². The predicted octanol–water partition coefficient (Wildman–Crippen LogP) is 2.34. The number of methoxy groups -OCH3 is 1. The van der Waals surface area contributed by atoms with Crippen molar-refractivity contribution in [2.45, 2.75) is 24.2 Å². The lowest BCUT2D eigenvalue weighted by atomic mass is 9.98. The molecule has 0 aliphatic rings. The molecule has 23 heavy (non-hydrogen) atoms. The molecular weight excluding hydrogens is 314 g/mol. The molecule has 0 spiro atoms. The number of aromatic nitrogens is 1. The second-order valence-electron chi connectivity index (χ2n) is 5.28. The summed E-state index contributed by atoms with van der Waals surface area (Å²) in [6, 6.07) is 10.9. The molecule has 0 aliphatic carbocycles. The lowest BCUT2D eigenvalue weighted by molar-refractivity contribution is 0.414. The molecule has 1 aromatic carbocycles. The van der Waals surface area contributed by atoms with Gasteiger partial charge in [0.1, 0.15) is 16.5 Å². The summed E-state index contributed by atoms with van der Waals surface area (Å²) in [5, 5.41) is 8.24. The molecule has 0 amide bonds. The lowest BCUT2D eigenvalue weighted by Crippen LogP contribution is -2.16. The van der Waals surface area contributed by atoms with Gasteiger partial charge in [0.05, 0.1) is 7.11 Å². The van der Waals surface area contributed by atoms with Gasteiger partial charge in [-0.3, -0.25) is 0 Å². The number of pyridine rings is 1. The van der Waals surface area contributed by atoms with Crippen molar-refractivity contribution in [2.75, 3.05) is 19.0 Å². The highest BCUT2D eigenvalue weighted by molar-refractivity contribution is 7.89. The van der Waals surface area contributed by atoms with Gasteiger partial charge in [-0.25, -0.2) is 18.5 Å². The van der Waals surface area contributed by atoms with E-state index in [0.717, 1.165) is 12.2 Å². The van der Waals surface area contributed by atoms with Crippen LogP contribution >= 0.6 is 0 Å². The van der Waals surface area contributed by atoms with Gasteiger partial charge in [0.25, 0.3) is 0 Å². The highest BCUT2D eigenvalue weighted by atomic mass is 32.2. The molecule has 0 saturated heterocycles. The van der Waals surface area contributed by atoms with E-state index in [1.54, 1.807) is 13.2 Å². The summed E-state index contributed by atoms with van der Waals surface area (Å²) in [6.07, 6.45) is 2.36. The fourth-order valence-electron chi connectivity index (χ4n) is 2.26. The van der Waals surface area contributed by atoms with Crippen molar-refractivity contribution < 1.29 is 13.2 Å². The Balaban J connectivity index is 1.97. The molecule has 1 aromatic heterocycles. The predicted molar refractivity (Wildman–Crippen MR) is 90.1 cm³/mol. The fourth-order valence-corrected chi connectivity index (χ4v) is 2.92. The Labute approximate surface area is 136 Å². The summed E-state index contributed by atoms with van der Waals surface area (Å²) in [6.45, 7) is 2.70. The first-order valence-corrected chi connectivity index (χ1v) is 8.82. The topological polar surface area (TPSA) is 94.3 Å². The quantitative estimate of drug-likeness (QED) is 0.810. The largest absolute Gasteiger partial charge is 0.497 e. The maximum Gasteiger partial charge on any atom is 0.241 e. The molecule has 3 N–H and O–H groups in total. The van der Waals surface area contributed by atoms with Gasteiger partial charge in [0.15, 0.2) is 0 Å². The molecular formula is C16H21N3O3S. The zero-order chi connectivity index (χ0) is 16.9. The molecule has 7 heteroatoms. The average molecular weight is 335 g/mol. The van der Waals surface area contributed by atoms with E-state index >= 15 is 0 Å². The summed E-state index contributed by atoms with van der Waals surface area (Å²) in [5.41, 5.74) is 1.19. The number of ether oxygens (including phenoxy) is 1. The van der Waals surface area contributed by atoms with Gasteiger partial charge < -0.3 is 10.1 Å². The van der Waals surface area contributed by atoms with Crippen LogP contribution in [0.4, 0.5) is 5.82 Å². The fraction of sp³-hybridized carbons (Fsp3) is 0.312. The molecule has 1 atom stereocenters. The van der Waals surface area contributed by atoms with Crippen LogP contribution in [-0.4, -0.2) is 27.1 Å². The summed E-state index contributed by atoms with van der Waals surface area (Å²) in [5.74, 6) is 1.43. The van der Waals surface area contributed by atoms with Crippen molar-refractivity contribution in [1.29, 1.82) is 0 Å². The second-order valence-corrected chi connectivity index (χ2v) is 6.81. The molecule has 0 radical (unpaired) electrons. The summed E-state index contributed by atoms with van der Waals surface area (Å²) < 4.78 is 28.2. The highest BCUT2D eigenvalue weighted by Crippen LogP contribution is 2.22. The van der Waals surface area contributed by atoms with Crippen molar-refractivity contribution in [3.8, 4) is 5.75 Å². The Morgan fingerprint density at radius 1 is 1.26 bits per heavy atom. The van der Waals surface area contributed by atoms with Crippen LogP contribution < -0.4 is 15.2 Å². The van der Waals surface area contributed by atoms with E-state index in [-0.39, 0.29) is 10.7 Å². The van der Waals surface area contributed by atoms with Gasteiger partial charge in [-0.2, -0.15) is 0 Å². The third kappa shape index (κ3) is 4.67. The zero-order valence-corrected chi connectivity index (χ0v) is 14.0. The van der Waals surface area contributed by atoms with E-state index in [9.17, 15) is 8.42 Å². The minimum Gasteiger partial charge on any atom is -0.497 e. The summed E-state index contributed by atoms with van der Waals surface area (Å²) in [4.78, 5) is 4.06. The van der Waals surface area contributed by atoms with Crippen LogP contribution in [0.1, 0.15) is 24.8 Å². The van der Waals surface area contributed by atoms with Crippen molar-refractivity contribution in [3.05, 3.63) is 48.2 Å². The number of primary sulfonamides is 1. The molecule has 0 bridgehead atoms. The first kappa shape index (κ1) is 17.2. The smallest absolute Gasteiger partial charge is 0.241 e. The van der Waals surface area contributed by atoms with Crippen LogP contribution in [0.2, 0.25) is 0 Å². The van der Waals surface area contributed by atoms with Gasteiger partial charge >= 0.3 is 0 Å². The molecule has 1 unspecified atom stereocenters. The van der Waals surface area contributed by atoms with Gasteiger partial charge in [-0.15, -0.1) is 0 Å². The van der Waals surface area contributed by atoms with E-state index in [4.69, 9.17) is 9.88 Å². The molecule has 0 aliphatic heterocycles. The number of anilines is 1. The maximum atomic E-state index is 11.5. The van der Waals surface area contributed by atoms with Crippen molar-refractivity contribution in [2.24, 2.45) is 5.14 Å². The Morgan fingerprint density at radius 2 is 1.96 bits per heavy atom. The molecule has 0 fully saturated rings. The third-order valence-corrected chi connectivity index (χ3v) is 4.57. The number of benzene rings is 1. The number of hydrogen-bond acceptors (Lipinski definition) is 5. The van der Waals surface area contributed by atoms with Crippen LogP contribution in [0.3, 0.4) is 0 Å². The van der Waals surface area contributed by atoms with Gasteiger partial charge in [-0.1, -0.05) is 19.1 Å². The number of hydrogen-bond donors (Lipinski definition) is 2. The summed E-state index contributed by atoms with van der Waals surface area (Å²) >= 11 is 0. The van der Waals surface area contributed by atoms with Crippen LogP contribution in [-0.2, 0) is 10.0 Å². The molecule has 1 heterocycles. The van der Waals surface area contributed by atoms with Crippen molar-refractivity contribution >= 4 is 15.8 Å². The van der Waals surface area contributed by atoms with Gasteiger partial charge in [-0.05, 0) is 42.2 Å². The van der Waals surface area contributed by atoms with Crippen LogP contribution in [0.15, 0.2) is 47.5 Å². The number of sulfonamides is 1. The number of nitrogens with zero attached hydrogens (tertiary/aromatic N) is 1. The minimum atomic E-state index is -3.78. The SMILES string of the molecule is COc1ccc(C(C)CCNc2ncccc2S(N)(=O)=O)cc1. The van der Waals surface area contributed by atoms with E-state index in [2.05, 4.69) is 17.2 Å². The Bertz CT molecular complexity index is 745. The van der Waals surface area contributed by atoms with E-state index in [1.165, 1.54) is 17.8 Å².